The standard InChI is InChI=1S/C22H20BrNO3/c1-22(2)13-15-5-3-4-6-17(15)18(24-22)11-20(26)21(27)12-19(25)14-7-9-16(23)10-8-14/h3-12,24-25H,13H2,1-2H3/b18-11-,19-12-. The molecule has 138 valence electrons. The molecular formula is C22H20BrNO3. The topological polar surface area (TPSA) is 66.4 Å². The van der Waals surface area contributed by atoms with Crippen LogP contribution in [-0.4, -0.2) is 22.2 Å². The van der Waals surface area contributed by atoms with Crippen LogP contribution in [-0.2, 0) is 16.0 Å². The smallest absolute Gasteiger partial charge is 0.229 e. The number of aliphatic hydroxyl groups is 1. The lowest BCUT2D eigenvalue weighted by Crippen LogP contribution is -2.44. The van der Waals surface area contributed by atoms with Crippen molar-refractivity contribution in [2.45, 2.75) is 25.8 Å². The van der Waals surface area contributed by atoms with Crippen molar-refractivity contribution in [2.24, 2.45) is 0 Å². The number of allylic oxidation sites excluding steroid dienone is 2. The minimum Gasteiger partial charge on any atom is -0.507 e. The molecule has 2 aromatic carbocycles. The number of benzene rings is 2. The molecule has 3 rings (SSSR count). The Bertz CT molecular complexity index is 956. The van der Waals surface area contributed by atoms with Crippen molar-refractivity contribution >= 4 is 39.0 Å². The van der Waals surface area contributed by atoms with Crippen molar-refractivity contribution in [1.82, 2.24) is 5.32 Å². The normalized spacial score (nSPS) is 17.1. The van der Waals surface area contributed by atoms with Gasteiger partial charge in [0.2, 0.25) is 11.6 Å². The molecule has 1 aliphatic heterocycles. The van der Waals surface area contributed by atoms with E-state index in [4.69, 9.17) is 0 Å². The van der Waals surface area contributed by atoms with Crippen LogP contribution in [0.25, 0.3) is 11.5 Å². The van der Waals surface area contributed by atoms with Crippen molar-refractivity contribution in [2.75, 3.05) is 0 Å². The molecule has 0 saturated carbocycles. The molecule has 0 fully saturated rings. The van der Waals surface area contributed by atoms with E-state index < -0.39 is 11.6 Å². The Morgan fingerprint density at radius 3 is 2.44 bits per heavy atom. The summed E-state index contributed by atoms with van der Waals surface area (Å²) in [6.07, 6.45) is 3.10. The first kappa shape index (κ1) is 19.1. The number of carbonyl (C=O) groups is 2. The molecule has 2 N–H and O–H groups in total. The Balaban J connectivity index is 1.86. The summed E-state index contributed by atoms with van der Waals surface area (Å²) in [5, 5.41) is 13.4. The van der Waals surface area contributed by atoms with Crippen LogP contribution >= 0.6 is 15.9 Å². The Hall–Kier alpha value is -2.66. The Kier molecular flexibility index (Phi) is 5.33. The molecule has 5 heteroatoms. The molecule has 4 nitrogen and oxygen atoms in total. The molecule has 0 saturated heterocycles. The quantitative estimate of drug-likeness (QED) is 0.431. The van der Waals surface area contributed by atoms with E-state index in [1.807, 2.05) is 38.1 Å². The van der Waals surface area contributed by atoms with E-state index in [-0.39, 0.29) is 11.3 Å². The molecule has 0 amide bonds. The van der Waals surface area contributed by atoms with E-state index in [0.717, 1.165) is 28.1 Å². The molecule has 1 heterocycles. The van der Waals surface area contributed by atoms with Crippen LogP contribution < -0.4 is 5.32 Å². The van der Waals surface area contributed by atoms with Gasteiger partial charge in [-0.05, 0) is 38.0 Å². The summed E-state index contributed by atoms with van der Waals surface area (Å²) in [6.45, 7) is 4.09. The lowest BCUT2D eigenvalue weighted by atomic mass is 9.85. The van der Waals surface area contributed by atoms with Gasteiger partial charge in [0.15, 0.2) is 0 Å². The number of carbonyl (C=O) groups excluding carboxylic acids is 2. The van der Waals surface area contributed by atoms with Gasteiger partial charge in [0.25, 0.3) is 0 Å². The van der Waals surface area contributed by atoms with Crippen LogP contribution in [0.4, 0.5) is 0 Å². The summed E-state index contributed by atoms with van der Waals surface area (Å²) < 4.78 is 0.857. The summed E-state index contributed by atoms with van der Waals surface area (Å²) >= 11 is 3.31. The Labute approximate surface area is 166 Å². The van der Waals surface area contributed by atoms with Crippen LogP contribution in [0.15, 0.2) is 65.2 Å². The number of ketones is 2. The average Bonchev–Trinajstić information content (AvgIpc) is 2.61. The summed E-state index contributed by atoms with van der Waals surface area (Å²) in [5.74, 6) is -1.70. The molecule has 0 spiro atoms. The zero-order chi connectivity index (χ0) is 19.6. The number of nitrogens with one attached hydrogen (secondary N) is 1. The van der Waals surface area contributed by atoms with Crippen molar-refractivity contribution in [1.29, 1.82) is 0 Å². The van der Waals surface area contributed by atoms with Gasteiger partial charge >= 0.3 is 0 Å². The number of halogens is 1. The van der Waals surface area contributed by atoms with E-state index in [2.05, 4.69) is 21.2 Å². The van der Waals surface area contributed by atoms with E-state index in [9.17, 15) is 14.7 Å². The van der Waals surface area contributed by atoms with Crippen molar-refractivity contribution in [3.8, 4) is 0 Å². The molecule has 1 aliphatic rings. The van der Waals surface area contributed by atoms with E-state index in [1.54, 1.807) is 24.3 Å². The monoisotopic (exact) mass is 425 g/mol. The Morgan fingerprint density at radius 1 is 1.07 bits per heavy atom. The zero-order valence-electron chi connectivity index (χ0n) is 15.1. The highest BCUT2D eigenvalue weighted by Gasteiger charge is 2.28. The summed E-state index contributed by atoms with van der Waals surface area (Å²) in [4.78, 5) is 24.7. The molecule has 0 radical (unpaired) electrons. The molecule has 0 bridgehead atoms. The predicted molar refractivity (Wildman–Crippen MR) is 110 cm³/mol. The molecule has 0 atom stereocenters. The highest BCUT2D eigenvalue weighted by molar-refractivity contribution is 9.10. The zero-order valence-corrected chi connectivity index (χ0v) is 16.7. The number of aliphatic hydroxyl groups excluding tert-OH is 1. The first-order valence-corrected chi connectivity index (χ1v) is 9.37. The number of rotatable bonds is 4. The third-order valence-electron chi connectivity index (χ3n) is 4.34. The lowest BCUT2D eigenvalue weighted by Gasteiger charge is -2.35. The molecule has 0 aromatic heterocycles. The van der Waals surface area contributed by atoms with Crippen LogP contribution in [0, 0.1) is 0 Å². The largest absolute Gasteiger partial charge is 0.507 e. The fourth-order valence-corrected chi connectivity index (χ4v) is 3.37. The van der Waals surface area contributed by atoms with Crippen molar-refractivity contribution in [3.63, 3.8) is 0 Å². The maximum Gasteiger partial charge on any atom is 0.229 e. The third-order valence-corrected chi connectivity index (χ3v) is 4.87. The van der Waals surface area contributed by atoms with Gasteiger partial charge in [0.1, 0.15) is 5.76 Å². The molecule has 27 heavy (non-hydrogen) atoms. The van der Waals surface area contributed by atoms with Gasteiger partial charge < -0.3 is 10.4 Å². The van der Waals surface area contributed by atoms with E-state index >= 15 is 0 Å². The SMILES string of the molecule is CC1(C)Cc2ccccc2/C(=C/C(=O)C(=O)/C=C(\O)c2ccc(Br)cc2)N1. The number of hydrogen-bond donors (Lipinski definition) is 2. The number of hydrogen-bond acceptors (Lipinski definition) is 4. The summed E-state index contributed by atoms with van der Waals surface area (Å²) in [5.41, 5.74) is 2.91. The fraction of sp³-hybridized carbons (Fsp3) is 0.182. The van der Waals surface area contributed by atoms with Crippen LogP contribution in [0.2, 0.25) is 0 Å². The van der Waals surface area contributed by atoms with Crippen molar-refractivity contribution < 1.29 is 14.7 Å². The molecule has 0 unspecified atom stereocenters. The van der Waals surface area contributed by atoms with Gasteiger partial charge in [-0.25, -0.2) is 0 Å². The molecule has 0 aliphatic carbocycles. The van der Waals surface area contributed by atoms with Gasteiger partial charge in [-0.1, -0.05) is 52.3 Å². The van der Waals surface area contributed by atoms with Gasteiger partial charge in [0, 0.05) is 39.0 Å². The molecule has 2 aromatic rings. The highest BCUT2D eigenvalue weighted by atomic mass is 79.9. The first-order chi connectivity index (χ1) is 12.7. The molecular weight excluding hydrogens is 406 g/mol. The van der Waals surface area contributed by atoms with Gasteiger partial charge in [-0.15, -0.1) is 0 Å². The van der Waals surface area contributed by atoms with E-state index in [0.29, 0.717) is 11.3 Å². The fourth-order valence-electron chi connectivity index (χ4n) is 3.10. The predicted octanol–water partition coefficient (Wildman–Crippen LogP) is 4.45. The highest BCUT2D eigenvalue weighted by Crippen LogP contribution is 2.29. The lowest BCUT2D eigenvalue weighted by molar-refractivity contribution is -0.130. The second kappa shape index (κ2) is 7.53. The third kappa shape index (κ3) is 4.55. The average molecular weight is 426 g/mol. The minimum absolute atomic E-state index is 0.223. The minimum atomic E-state index is -0.773. The van der Waals surface area contributed by atoms with Gasteiger partial charge in [-0.2, -0.15) is 0 Å². The van der Waals surface area contributed by atoms with Crippen LogP contribution in [0.1, 0.15) is 30.5 Å². The maximum atomic E-state index is 12.4. The maximum absolute atomic E-state index is 12.4. The Morgan fingerprint density at radius 2 is 1.74 bits per heavy atom. The first-order valence-electron chi connectivity index (χ1n) is 8.58. The van der Waals surface area contributed by atoms with Gasteiger partial charge in [-0.3, -0.25) is 9.59 Å². The van der Waals surface area contributed by atoms with Gasteiger partial charge in [0.05, 0.1) is 0 Å². The van der Waals surface area contributed by atoms with Crippen LogP contribution in [0.5, 0.6) is 0 Å². The second-order valence-corrected chi connectivity index (χ2v) is 8.08. The summed E-state index contributed by atoms with van der Waals surface area (Å²) in [7, 11) is 0. The second-order valence-electron chi connectivity index (χ2n) is 7.17. The summed E-state index contributed by atoms with van der Waals surface area (Å²) in [6, 6.07) is 14.6. The number of fused-ring (bicyclic) bond motifs is 1. The van der Waals surface area contributed by atoms with Crippen molar-refractivity contribution in [3.05, 3.63) is 81.8 Å². The van der Waals surface area contributed by atoms with Crippen LogP contribution in [0.3, 0.4) is 0 Å². The van der Waals surface area contributed by atoms with E-state index in [1.165, 1.54) is 6.08 Å².